The Morgan fingerprint density at radius 1 is 1.31 bits per heavy atom. The molecule has 13 heavy (non-hydrogen) atoms. The average molecular weight is 193 g/mol. The van der Waals surface area contributed by atoms with Crippen LogP contribution in [0.2, 0.25) is 0 Å². The fourth-order valence-electron chi connectivity index (χ4n) is 1.10. The van der Waals surface area contributed by atoms with Gasteiger partial charge in [0.15, 0.2) is 10.6 Å². The highest BCUT2D eigenvalue weighted by Crippen LogP contribution is 2.12. The zero-order valence-electron chi connectivity index (χ0n) is 7.44. The summed E-state index contributed by atoms with van der Waals surface area (Å²) in [5, 5.41) is 8.86. The van der Waals surface area contributed by atoms with Crippen molar-refractivity contribution in [1.29, 1.82) is 0 Å². The average Bonchev–Trinajstić information content (AvgIpc) is 2.19. The maximum atomic E-state index is 8.86. The summed E-state index contributed by atoms with van der Waals surface area (Å²) in [5.74, 6) is 4.15. The van der Waals surface area contributed by atoms with Crippen LogP contribution in [-0.4, -0.2) is 23.2 Å². The summed E-state index contributed by atoms with van der Waals surface area (Å²) < 4.78 is 0. The third-order valence-corrected chi connectivity index (χ3v) is 3.80. The van der Waals surface area contributed by atoms with Gasteiger partial charge in [0.2, 0.25) is 0 Å². The largest absolute Gasteiger partial charge is 0.391 e. The van der Waals surface area contributed by atoms with Crippen LogP contribution in [0.15, 0.2) is 35.2 Å². The van der Waals surface area contributed by atoms with Crippen molar-refractivity contribution in [2.24, 2.45) is 0 Å². The second-order valence-electron chi connectivity index (χ2n) is 2.58. The minimum absolute atomic E-state index is 0.0260. The van der Waals surface area contributed by atoms with Gasteiger partial charge in [-0.05, 0) is 12.1 Å². The van der Waals surface area contributed by atoms with Crippen molar-refractivity contribution in [3.8, 4) is 12.3 Å². The van der Waals surface area contributed by atoms with Crippen LogP contribution in [0.5, 0.6) is 0 Å². The first-order valence-corrected chi connectivity index (χ1v) is 5.71. The van der Waals surface area contributed by atoms with Crippen molar-refractivity contribution >= 4 is 10.9 Å². The third kappa shape index (κ3) is 3.14. The third-order valence-electron chi connectivity index (χ3n) is 1.67. The van der Waals surface area contributed by atoms with Crippen molar-refractivity contribution in [3.63, 3.8) is 0 Å². The molecule has 2 heteroatoms. The Balaban J connectivity index is 2.71. The van der Waals surface area contributed by atoms with Gasteiger partial charge in [0.1, 0.15) is 5.75 Å². The normalized spacial score (nSPS) is 12.0. The van der Waals surface area contributed by atoms with Gasteiger partial charge in [-0.2, -0.15) is 0 Å². The number of hydrogen-bond donors (Lipinski definition) is 1. The van der Waals surface area contributed by atoms with Gasteiger partial charge in [-0.1, -0.05) is 24.1 Å². The Morgan fingerprint density at radius 3 is 2.54 bits per heavy atom. The number of benzene rings is 1. The van der Waals surface area contributed by atoms with E-state index in [2.05, 4.69) is 18.1 Å². The molecule has 0 saturated carbocycles. The van der Waals surface area contributed by atoms with Gasteiger partial charge >= 0.3 is 0 Å². The molecular formula is C11H13OS+. The quantitative estimate of drug-likeness (QED) is 0.564. The molecule has 1 nitrogen and oxygen atoms in total. The lowest BCUT2D eigenvalue weighted by Crippen LogP contribution is -2.14. The molecule has 0 amide bonds. The Morgan fingerprint density at radius 2 is 2.00 bits per heavy atom. The van der Waals surface area contributed by atoms with E-state index >= 15 is 0 Å². The number of aliphatic hydroxyl groups excluding tert-OH is 1. The summed E-state index contributed by atoms with van der Waals surface area (Å²) in [7, 11) is 0.0260. The highest BCUT2D eigenvalue weighted by molar-refractivity contribution is 7.97. The summed E-state index contributed by atoms with van der Waals surface area (Å²) in [4.78, 5) is 1.24. The maximum Gasteiger partial charge on any atom is 0.173 e. The lowest BCUT2D eigenvalue weighted by Gasteiger charge is -2.02. The number of aliphatic hydroxyl groups is 1. The van der Waals surface area contributed by atoms with E-state index in [0.717, 1.165) is 11.5 Å². The molecule has 1 N–H and O–H groups in total. The van der Waals surface area contributed by atoms with E-state index in [1.54, 1.807) is 0 Å². The van der Waals surface area contributed by atoms with E-state index < -0.39 is 0 Å². The summed E-state index contributed by atoms with van der Waals surface area (Å²) in [6.45, 7) is 0.208. The molecule has 0 radical (unpaired) electrons. The lowest BCUT2D eigenvalue weighted by molar-refractivity contribution is 0.322. The second-order valence-corrected chi connectivity index (χ2v) is 4.74. The van der Waals surface area contributed by atoms with Crippen LogP contribution in [0.4, 0.5) is 0 Å². The van der Waals surface area contributed by atoms with Crippen molar-refractivity contribution in [1.82, 2.24) is 0 Å². The zero-order chi connectivity index (χ0) is 9.52. The van der Waals surface area contributed by atoms with Gasteiger partial charge in [0, 0.05) is 10.9 Å². The molecule has 1 aromatic rings. The predicted octanol–water partition coefficient (Wildman–Crippen LogP) is 1.29. The van der Waals surface area contributed by atoms with Gasteiger partial charge in [0.05, 0.1) is 6.61 Å². The van der Waals surface area contributed by atoms with E-state index in [0.29, 0.717) is 0 Å². The lowest BCUT2D eigenvalue weighted by atomic mass is 10.4. The molecule has 1 aromatic carbocycles. The van der Waals surface area contributed by atoms with Gasteiger partial charge < -0.3 is 5.11 Å². The number of terminal acetylenes is 1. The Labute approximate surface area is 82.1 Å². The van der Waals surface area contributed by atoms with E-state index in [-0.39, 0.29) is 17.5 Å². The molecule has 0 fully saturated rings. The second kappa shape index (κ2) is 5.69. The van der Waals surface area contributed by atoms with E-state index in [1.807, 2.05) is 18.2 Å². The molecule has 1 rings (SSSR count). The molecule has 68 valence electrons. The minimum Gasteiger partial charge on any atom is -0.391 e. The van der Waals surface area contributed by atoms with Gasteiger partial charge in [-0.15, -0.1) is 6.42 Å². The highest BCUT2D eigenvalue weighted by Gasteiger charge is 2.18. The Hall–Kier alpha value is -0.910. The Bertz CT molecular complexity index is 276. The van der Waals surface area contributed by atoms with Crippen LogP contribution in [0.25, 0.3) is 0 Å². The predicted molar refractivity (Wildman–Crippen MR) is 57.7 cm³/mol. The summed E-state index contributed by atoms with van der Waals surface area (Å²) in [5.41, 5.74) is 0. The van der Waals surface area contributed by atoms with Gasteiger partial charge in [-0.3, -0.25) is 0 Å². The van der Waals surface area contributed by atoms with Crippen molar-refractivity contribution in [3.05, 3.63) is 30.3 Å². The summed E-state index contributed by atoms with van der Waals surface area (Å²) >= 11 is 0. The first kappa shape index (κ1) is 10.2. The first-order chi connectivity index (χ1) is 6.38. The molecular weight excluding hydrogens is 180 g/mol. The first-order valence-electron chi connectivity index (χ1n) is 4.15. The van der Waals surface area contributed by atoms with Gasteiger partial charge in [0.25, 0.3) is 0 Å². The smallest absolute Gasteiger partial charge is 0.173 e. The molecule has 0 aliphatic carbocycles. The van der Waals surface area contributed by atoms with Crippen molar-refractivity contribution in [2.75, 3.05) is 18.1 Å². The van der Waals surface area contributed by atoms with E-state index in [4.69, 9.17) is 11.5 Å². The SMILES string of the molecule is C#CC[S+](CCO)c1ccccc1. The molecule has 0 saturated heterocycles. The number of rotatable bonds is 4. The van der Waals surface area contributed by atoms with Crippen LogP contribution in [0.1, 0.15) is 0 Å². The van der Waals surface area contributed by atoms with E-state index in [1.165, 1.54) is 4.90 Å². The van der Waals surface area contributed by atoms with Crippen LogP contribution < -0.4 is 0 Å². The van der Waals surface area contributed by atoms with Crippen LogP contribution in [0.3, 0.4) is 0 Å². The van der Waals surface area contributed by atoms with Crippen molar-refractivity contribution < 1.29 is 5.11 Å². The minimum atomic E-state index is 0.0260. The fourth-order valence-corrected chi connectivity index (χ4v) is 2.61. The standard InChI is InChI=1S/C11H13OS/c1-2-9-13(10-8-12)11-6-4-3-5-7-11/h1,3-7,12H,8-10H2/q+1. The van der Waals surface area contributed by atoms with Gasteiger partial charge in [-0.25, -0.2) is 0 Å². The van der Waals surface area contributed by atoms with Crippen molar-refractivity contribution in [2.45, 2.75) is 4.90 Å². The Kier molecular flexibility index (Phi) is 4.45. The monoisotopic (exact) mass is 193 g/mol. The maximum absolute atomic E-state index is 8.86. The zero-order valence-corrected chi connectivity index (χ0v) is 8.26. The summed E-state index contributed by atoms with van der Waals surface area (Å²) in [6.07, 6.45) is 5.27. The molecule has 0 aromatic heterocycles. The summed E-state index contributed by atoms with van der Waals surface area (Å²) in [6, 6.07) is 10.1. The molecule has 0 heterocycles. The van der Waals surface area contributed by atoms with Crippen LogP contribution in [0, 0.1) is 12.3 Å². The molecule has 0 aliphatic heterocycles. The topological polar surface area (TPSA) is 20.2 Å². The fraction of sp³-hybridized carbons (Fsp3) is 0.273. The van der Waals surface area contributed by atoms with Crippen LogP contribution >= 0.6 is 0 Å². The molecule has 0 bridgehead atoms. The molecule has 1 atom stereocenters. The molecule has 0 spiro atoms. The molecule has 1 unspecified atom stereocenters. The molecule has 0 aliphatic rings. The highest BCUT2D eigenvalue weighted by atomic mass is 32.2. The number of hydrogen-bond acceptors (Lipinski definition) is 1. The van der Waals surface area contributed by atoms with E-state index in [9.17, 15) is 0 Å². The van der Waals surface area contributed by atoms with Crippen LogP contribution in [-0.2, 0) is 10.9 Å².